The fourth-order valence-electron chi connectivity index (χ4n) is 2.44. The summed E-state index contributed by atoms with van der Waals surface area (Å²) in [4.78, 5) is 14.2. The van der Waals surface area contributed by atoms with E-state index in [1.807, 2.05) is 6.07 Å². The number of unbranched alkanes of at least 4 members (excludes halogenated alkanes) is 1. The van der Waals surface area contributed by atoms with Crippen molar-refractivity contribution in [2.24, 2.45) is 0 Å². The van der Waals surface area contributed by atoms with Crippen LogP contribution in [0.3, 0.4) is 0 Å². The lowest BCUT2D eigenvalue weighted by molar-refractivity contribution is 0.0793. The molecule has 0 saturated carbocycles. The maximum absolute atomic E-state index is 12.9. The number of sulfonamides is 1. The van der Waals surface area contributed by atoms with E-state index in [-0.39, 0.29) is 10.8 Å². The van der Waals surface area contributed by atoms with Crippen LogP contribution in [0.5, 0.6) is 0 Å². The molecule has 5 nitrogen and oxygen atoms in total. The largest absolute Gasteiger partial charge is 0.342 e. The third-order valence-electron chi connectivity index (χ3n) is 4.05. The Kier molecular flexibility index (Phi) is 6.20. The number of hydrogen-bond acceptors (Lipinski definition) is 3. The van der Waals surface area contributed by atoms with E-state index in [9.17, 15) is 13.2 Å². The number of anilines is 1. The van der Waals surface area contributed by atoms with Crippen LogP contribution in [0.15, 0.2) is 59.5 Å². The molecule has 25 heavy (non-hydrogen) atoms. The molecule has 0 spiro atoms. The maximum atomic E-state index is 12.9. The van der Waals surface area contributed by atoms with Crippen LogP contribution < -0.4 is 4.31 Å². The van der Waals surface area contributed by atoms with Crippen molar-refractivity contribution >= 4 is 21.6 Å². The van der Waals surface area contributed by atoms with Gasteiger partial charge in [-0.2, -0.15) is 0 Å². The minimum Gasteiger partial charge on any atom is -0.342 e. The molecule has 1 amide bonds. The first-order chi connectivity index (χ1) is 11.9. The van der Waals surface area contributed by atoms with E-state index >= 15 is 0 Å². The molecule has 0 N–H and O–H groups in total. The molecule has 0 saturated heterocycles. The first kappa shape index (κ1) is 19.0. The number of carbonyl (C=O) groups is 1. The number of carbonyl (C=O) groups excluding carboxylic acids is 1. The zero-order valence-electron chi connectivity index (χ0n) is 14.8. The Morgan fingerprint density at radius 2 is 1.68 bits per heavy atom. The summed E-state index contributed by atoms with van der Waals surface area (Å²) in [5, 5.41) is 0. The molecule has 2 rings (SSSR count). The van der Waals surface area contributed by atoms with Crippen LogP contribution >= 0.6 is 0 Å². The van der Waals surface area contributed by atoms with Crippen LogP contribution in [0, 0.1) is 0 Å². The zero-order valence-corrected chi connectivity index (χ0v) is 15.7. The molecule has 6 heteroatoms. The van der Waals surface area contributed by atoms with Crippen molar-refractivity contribution in [2.75, 3.05) is 24.9 Å². The topological polar surface area (TPSA) is 57.7 Å². The van der Waals surface area contributed by atoms with Crippen molar-refractivity contribution in [1.82, 2.24) is 4.90 Å². The monoisotopic (exact) mass is 360 g/mol. The summed E-state index contributed by atoms with van der Waals surface area (Å²) in [6.45, 7) is 2.71. The second-order valence-electron chi connectivity index (χ2n) is 5.92. The SMILES string of the molecule is CCCCN(C)C(=O)c1cccc(S(=O)(=O)N(C)c2ccccc2)c1. The molecular formula is C19H24N2O3S. The van der Waals surface area contributed by atoms with Crippen LogP contribution in [0.1, 0.15) is 30.1 Å². The molecular weight excluding hydrogens is 336 g/mol. The third kappa shape index (κ3) is 4.39. The number of para-hydroxylation sites is 1. The lowest BCUT2D eigenvalue weighted by Crippen LogP contribution is -2.29. The van der Waals surface area contributed by atoms with Crippen LogP contribution in [-0.4, -0.2) is 39.9 Å². The van der Waals surface area contributed by atoms with Gasteiger partial charge in [0.25, 0.3) is 15.9 Å². The van der Waals surface area contributed by atoms with E-state index in [1.54, 1.807) is 48.3 Å². The number of amides is 1. The van der Waals surface area contributed by atoms with Crippen LogP contribution in [0.2, 0.25) is 0 Å². The normalized spacial score (nSPS) is 11.2. The fraction of sp³-hybridized carbons (Fsp3) is 0.316. The van der Waals surface area contributed by atoms with Gasteiger partial charge in [0.15, 0.2) is 0 Å². The molecule has 2 aromatic carbocycles. The minimum absolute atomic E-state index is 0.105. The summed E-state index contributed by atoms with van der Waals surface area (Å²) < 4.78 is 26.9. The Hall–Kier alpha value is -2.34. The van der Waals surface area contributed by atoms with E-state index in [2.05, 4.69) is 6.92 Å². The summed E-state index contributed by atoms with van der Waals surface area (Å²) in [6, 6.07) is 15.1. The van der Waals surface area contributed by atoms with Gasteiger partial charge in [-0.3, -0.25) is 9.10 Å². The number of nitrogens with zero attached hydrogens (tertiary/aromatic N) is 2. The second-order valence-corrected chi connectivity index (χ2v) is 7.89. The van der Waals surface area contributed by atoms with Crippen molar-refractivity contribution in [2.45, 2.75) is 24.7 Å². The highest BCUT2D eigenvalue weighted by atomic mass is 32.2. The first-order valence-corrected chi connectivity index (χ1v) is 9.71. The van der Waals surface area contributed by atoms with Gasteiger partial charge in [-0.25, -0.2) is 8.42 Å². The van der Waals surface area contributed by atoms with Gasteiger partial charge in [-0.05, 0) is 36.8 Å². The molecule has 0 bridgehead atoms. The average molecular weight is 360 g/mol. The Labute approximate surface area is 149 Å². The molecule has 0 aliphatic carbocycles. The van der Waals surface area contributed by atoms with E-state index in [4.69, 9.17) is 0 Å². The summed E-state index contributed by atoms with van der Waals surface area (Å²) in [5.74, 6) is -0.173. The van der Waals surface area contributed by atoms with Gasteiger partial charge in [-0.15, -0.1) is 0 Å². The van der Waals surface area contributed by atoms with E-state index in [1.165, 1.54) is 23.5 Å². The van der Waals surface area contributed by atoms with Crippen LogP contribution in [0.25, 0.3) is 0 Å². The Morgan fingerprint density at radius 3 is 2.32 bits per heavy atom. The Balaban J connectivity index is 2.30. The van der Waals surface area contributed by atoms with Crippen molar-refractivity contribution in [1.29, 1.82) is 0 Å². The molecule has 0 aliphatic heterocycles. The average Bonchev–Trinajstić information content (AvgIpc) is 2.65. The van der Waals surface area contributed by atoms with E-state index in [0.29, 0.717) is 17.8 Å². The molecule has 0 atom stereocenters. The highest BCUT2D eigenvalue weighted by molar-refractivity contribution is 7.92. The van der Waals surface area contributed by atoms with Crippen molar-refractivity contribution < 1.29 is 13.2 Å². The van der Waals surface area contributed by atoms with Gasteiger partial charge in [0.2, 0.25) is 0 Å². The van der Waals surface area contributed by atoms with Crippen LogP contribution in [-0.2, 0) is 10.0 Å². The fourth-order valence-corrected chi connectivity index (χ4v) is 3.68. The highest BCUT2D eigenvalue weighted by Crippen LogP contribution is 2.22. The standard InChI is InChI=1S/C19H24N2O3S/c1-4-5-14-20(2)19(22)16-10-9-13-18(15-16)25(23,24)21(3)17-11-7-6-8-12-17/h6-13,15H,4-5,14H2,1-3H3. The molecule has 0 radical (unpaired) electrons. The molecule has 0 aliphatic rings. The van der Waals surface area contributed by atoms with Gasteiger partial charge in [-0.1, -0.05) is 37.6 Å². The molecule has 0 fully saturated rings. The van der Waals surface area contributed by atoms with Crippen LogP contribution in [0.4, 0.5) is 5.69 Å². The van der Waals surface area contributed by atoms with E-state index in [0.717, 1.165) is 12.8 Å². The second kappa shape index (κ2) is 8.16. The summed E-state index contributed by atoms with van der Waals surface area (Å²) in [7, 11) is -0.490. The van der Waals surface area contributed by atoms with Gasteiger partial charge in [0.1, 0.15) is 0 Å². The molecule has 0 aromatic heterocycles. The lowest BCUT2D eigenvalue weighted by Gasteiger charge is -2.20. The van der Waals surface area contributed by atoms with E-state index < -0.39 is 10.0 Å². The van der Waals surface area contributed by atoms with Crippen molar-refractivity contribution in [3.8, 4) is 0 Å². The van der Waals surface area contributed by atoms with Crippen molar-refractivity contribution in [3.63, 3.8) is 0 Å². The number of hydrogen-bond donors (Lipinski definition) is 0. The predicted octanol–water partition coefficient (Wildman–Crippen LogP) is 3.38. The Bertz CT molecular complexity index is 820. The van der Waals surface area contributed by atoms with Crippen molar-refractivity contribution in [3.05, 3.63) is 60.2 Å². The summed E-state index contributed by atoms with van der Waals surface area (Å²) in [5.41, 5.74) is 0.945. The smallest absolute Gasteiger partial charge is 0.264 e. The zero-order chi connectivity index (χ0) is 18.4. The first-order valence-electron chi connectivity index (χ1n) is 8.27. The number of rotatable bonds is 7. The third-order valence-corrected chi connectivity index (χ3v) is 5.83. The van der Waals surface area contributed by atoms with Gasteiger partial charge in [0.05, 0.1) is 10.6 Å². The molecule has 0 unspecified atom stereocenters. The quantitative estimate of drug-likeness (QED) is 0.760. The predicted molar refractivity (Wildman–Crippen MR) is 100 cm³/mol. The summed E-state index contributed by atoms with van der Waals surface area (Å²) in [6.07, 6.45) is 1.91. The molecule has 2 aromatic rings. The minimum atomic E-state index is -3.73. The molecule has 134 valence electrons. The highest BCUT2D eigenvalue weighted by Gasteiger charge is 2.23. The number of benzene rings is 2. The lowest BCUT2D eigenvalue weighted by atomic mass is 10.2. The maximum Gasteiger partial charge on any atom is 0.264 e. The van der Waals surface area contributed by atoms with Gasteiger partial charge >= 0.3 is 0 Å². The summed E-state index contributed by atoms with van der Waals surface area (Å²) >= 11 is 0. The van der Waals surface area contributed by atoms with Gasteiger partial charge < -0.3 is 4.90 Å². The van der Waals surface area contributed by atoms with Gasteiger partial charge in [0, 0.05) is 26.2 Å². The molecule has 0 heterocycles. The Morgan fingerprint density at radius 1 is 1.00 bits per heavy atom.